The Labute approximate surface area is 151 Å². The molecule has 2 aromatic rings. The number of likely N-dealkylation sites (tertiary alicyclic amines) is 1. The van der Waals surface area contributed by atoms with Crippen LogP contribution in [0, 0.1) is 5.92 Å². The number of hydrogen-bond donors (Lipinski definition) is 1. The maximum atomic E-state index is 13.2. The van der Waals surface area contributed by atoms with Gasteiger partial charge in [-0.25, -0.2) is 0 Å². The van der Waals surface area contributed by atoms with Gasteiger partial charge in [0.25, 0.3) is 0 Å². The lowest BCUT2D eigenvalue weighted by atomic mass is 9.97. The van der Waals surface area contributed by atoms with E-state index in [1.807, 2.05) is 60.7 Å². The highest BCUT2D eigenvalue weighted by molar-refractivity contribution is 8.00. The zero-order valence-corrected chi connectivity index (χ0v) is 14.7. The number of aliphatic carboxylic acids is 1. The van der Waals surface area contributed by atoms with Crippen LogP contribution in [0.3, 0.4) is 0 Å². The maximum Gasteiger partial charge on any atom is 0.308 e. The minimum atomic E-state index is -0.815. The van der Waals surface area contributed by atoms with Crippen LogP contribution >= 0.6 is 11.8 Å². The second kappa shape index (κ2) is 8.21. The second-order valence-electron chi connectivity index (χ2n) is 6.18. The van der Waals surface area contributed by atoms with Crippen molar-refractivity contribution in [1.82, 2.24) is 4.90 Å². The Bertz CT molecular complexity index is 720. The molecule has 1 amide bonds. The van der Waals surface area contributed by atoms with Crippen molar-refractivity contribution >= 4 is 23.6 Å². The number of nitrogens with zero attached hydrogens (tertiary/aromatic N) is 1. The van der Waals surface area contributed by atoms with Gasteiger partial charge in [0.1, 0.15) is 5.25 Å². The molecule has 4 nitrogen and oxygen atoms in total. The van der Waals surface area contributed by atoms with Crippen LogP contribution in [0.1, 0.15) is 23.7 Å². The summed E-state index contributed by atoms with van der Waals surface area (Å²) in [5, 5.41) is 8.92. The third-order valence-electron chi connectivity index (χ3n) is 4.41. The molecular formula is C20H21NO3S. The first-order valence-corrected chi connectivity index (χ1v) is 9.31. The van der Waals surface area contributed by atoms with Crippen molar-refractivity contribution in [1.29, 1.82) is 0 Å². The van der Waals surface area contributed by atoms with Gasteiger partial charge < -0.3 is 10.0 Å². The summed E-state index contributed by atoms with van der Waals surface area (Å²) < 4.78 is 0. The van der Waals surface area contributed by atoms with Crippen molar-refractivity contribution in [3.63, 3.8) is 0 Å². The summed E-state index contributed by atoms with van der Waals surface area (Å²) >= 11 is 1.51. The number of carbonyl (C=O) groups excluding carboxylic acids is 1. The van der Waals surface area contributed by atoms with Crippen LogP contribution in [0.15, 0.2) is 65.6 Å². The van der Waals surface area contributed by atoms with E-state index in [1.54, 1.807) is 4.90 Å². The molecule has 1 N–H and O–H groups in total. The normalized spacial score (nSPS) is 18.6. The molecule has 0 aliphatic carbocycles. The molecule has 2 aromatic carbocycles. The number of carbonyl (C=O) groups is 2. The first-order chi connectivity index (χ1) is 12.1. The third-order valence-corrected chi connectivity index (χ3v) is 5.66. The van der Waals surface area contributed by atoms with Crippen LogP contribution in [0.2, 0.25) is 0 Å². The van der Waals surface area contributed by atoms with Crippen molar-refractivity contribution < 1.29 is 14.7 Å². The summed E-state index contributed by atoms with van der Waals surface area (Å²) in [6.07, 6.45) is 1.38. The van der Waals surface area contributed by atoms with E-state index in [4.69, 9.17) is 0 Å². The number of amides is 1. The van der Waals surface area contributed by atoms with Gasteiger partial charge in [0.05, 0.1) is 5.92 Å². The van der Waals surface area contributed by atoms with Crippen LogP contribution in [0.5, 0.6) is 0 Å². The molecule has 1 aliphatic heterocycles. The number of thioether (sulfide) groups is 1. The van der Waals surface area contributed by atoms with Gasteiger partial charge in [-0.05, 0) is 30.5 Å². The predicted molar refractivity (Wildman–Crippen MR) is 98.4 cm³/mol. The highest BCUT2D eigenvalue weighted by Gasteiger charge is 2.32. The fourth-order valence-corrected chi connectivity index (χ4v) is 4.20. The van der Waals surface area contributed by atoms with Crippen LogP contribution < -0.4 is 0 Å². The number of carboxylic acids is 1. The Kier molecular flexibility index (Phi) is 5.76. The van der Waals surface area contributed by atoms with Crippen LogP contribution in [-0.4, -0.2) is 35.0 Å². The van der Waals surface area contributed by atoms with Gasteiger partial charge in [0.2, 0.25) is 5.91 Å². The summed E-state index contributed by atoms with van der Waals surface area (Å²) in [6, 6.07) is 19.5. The molecule has 1 fully saturated rings. The average molecular weight is 355 g/mol. The van der Waals surface area contributed by atoms with E-state index in [2.05, 4.69) is 0 Å². The molecule has 0 saturated carbocycles. The van der Waals surface area contributed by atoms with Gasteiger partial charge >= 0.3 is 5.97 Å². The van der Waals surface area contributed by atoms with Gasteiger partial charge in [-0.3, -0.25) is 9.59 Å². The lowest BCUT2D eigenvalue weighted by Gasteiger charge is -2.33. The Balaban J connectivity index is 1.83. The van der Waals surface area contributed by atoms with E-state index >= 15 is 0 Å². The lowest BCUT2D eigenvalue weighted by molar-refractivity contribution is -0.145. The quantitative estimate of drug-likeness (QED) is 0.828. The minimum Gasteiger partial charge on any atom is -0.481 e. The number of carboxylic acid groups (broad SMARTS) is 1. The van der Waals surface area contributed by atoms with Gasteiger partial charge in [-0.1, -0.05) is 48.5 Å². The number of piperidine rings is 1. The zero-order valence-electron chi connectivity index (χ0n) is 13.9. The number of rotatable bonds is 5. The Morgan fingerprint density at radius 1 is 1.04 bits per heavy atom. The van der Waals surface area contributed by atoms with Crippen molar-refractivity contribution in [2.45, 2.75) is 23.0 Å². The molecule has 0 unspecified atom stereocenters. The van der Waals surface area contributed by atoms with Crippen molar-refractivity contribution in [2.24, 2.45) is 5.92 Å². The van der Waals surface area contributed by atoms with E-state index in [-0.39, 0.29) is 11.2 Å². The van der Waals surface area contributed by atoms with Crippen molar-refractivity contribution in [3.05, 3.63) is 66.2 Å². The average Bonchev–Trinajstić information content (AvgIpc) is 2.67. The largest absolute Gasteiger partial charge is 0.481 e. The summed E-state index contributed by atoms with van der Waals surface area (Å²) in [5.41, 5.74) is 0.943. The van der Waals surface area contributed by atoms with Crippen molar-refractivity contribution in [2.75, 3.05) is 13.1 Å². The lowest BCUT2D eigenvalue weighted by Crippen LogP contribution is -2.43. The van der Waals surface area contributed by atoms with Crippen molar-refractivity contribution in [3.8, 4) is 0 Å². The molecule has 1 aliphatic rings. The molecule has 5 heteroatoms. The third kappa shape index (κ3) is 4.42. The summed E-state index contributed by atoms with van der Waals surface area (Å²) in [5.74, 6) is -1.29. The molecule has 130 valence electrons. The van der Waals surface area contributed by atoms with Crippen LogP contribution in [-0.2, 0) is 9.59 Å². The van der Waals surface area contributed by atoms with Gasteiger partial charge in [-0.15, -0.1) is 11.8 Å². The highest BCUT2D eigenvalue weighted by atomic mass is 32.2. The number of benzene rings is 2. The summed E-state index contributed by atoms with van der Waals surface area (Å²) in [7, 11) is 0. The second-order valence-corrected chi connectivity index (χ2v) is 7.36. The smallest absolute Gasteiger partial charge is 0.308 e. The number of hydrogen-bond acceptors (Lipinski definition) is 3. The van der Waals surface area contributed by atoms with Gasteiger partial charge in [-0.2, -0.15) is 0 Å². The van der Waals surface area contributed by atoms with E-state index < -0.39 is 11.9 Å². The SMILES string of the molecule is O=C(O)[C@@H]1CCCN(C(=O)[C@@H](Sc2ccccc2)c2ccccc2)C1. The zero-order chi connectivity index (χ0) is 17.6. The van der Waals surface area contributed by atoms with E-state index in [0.29, 0.717) is 19.5 Å². The van der Waals surface area contributed by atoms with Crippen LogP contribution in [0.25, 0.3) is 0 Å². The fraction of sp³-hybridized carbons (Fsp3) is 0.300. The molecule has 2 atom stereocenters. The summed E-state index contributed by atoms with van der Waals surface area (Å²) in [6.45, 7) is 0.925. The molecule has 0 spiro atoms. The minimum absolute atomic E-state index is 0.00833. The van der Waals surface area contributed by atoms with E-state index in [1.165, 1.54) is 11.8 Å². The standard InChI is InChI=1S/C20H21NO3S/c22-19(21-13-7-10-16(14-21)20(23)24)18(15-8-3-1-4-9-15)25-17-11-5-2-6-12-17/h1-6,8-9,11-12,16,18H,7,10,13-14H2,(H,23,24)/t16-,18+/m1/s1. The molecule has 0 aromatic heterocycles. The molecular weight excluding hydrogens is 334 g/mol. The van der Waals surface area contributed by atoms with Gasteiger partial charge in [0, 0.05) is 18.0 Å². The first-order valence-electron chi connectivity index (χ1n) is 8.43. The Hall–Kier alpha value is -2.27. The monoisotopic (exact) mass is 355 g/mol. The topological polar surface area (TPSA) is 57.6 Å². The fourth-order valence-electron chi connectivity index (χ4n) is 3.07. The molecule has 0 bridgehead atoms. The molecule has 1 saturated heterocycles. The molecule has 1 heterocycles. The summed E-state index contributed by atoms with van der Waals surface area (Å²) in [4.78, 5) is 27.2. The highest BCUT2D eigenvalue weighted by Crippen LogP contribution is 2.37. The molecule has 3 rings (SSSR count). The van der Waals surface area contributed by atoms with Crippen LogP contribution in [0.4, 0.5) is 0 Å². The molecule has 0 radical (unpaired) electrons. The van der Waals surface area contributed by atoms with E-state index in [9.17, 15) is 14.7 Å². The van der Waals surface area contributed by atoms with Gasteiger partial charge in [0.15, 0.2) is 0 Å². The predicted octanol–water partition coefficient (Wildman–Crippen LogP) is 3.84. The molecule has 25 heavy (non-hydrogen) atoms. The van der Waals surface area contributed by atoms with E-state index in [0.717, 1.165) is 16.9 Å². The Morgan fingerprint density at radius 2 is 1.68 bits per heavy atom. The Morgan fingerprint density at radius 3 is 2.32 bits per heavy atom. The first kappa shape index (κ1) is 17.5. The maximum absolute atomic E-state index is 13.2.